The first-order valence-corrected chi connectivity index (χ1v) is 10.5. The molecule has 3 aromatic rings. The number of benzene rings is 1. The Morgan fingerprint density at radius 1 is 1.10 bits per heavy atom. The molecule has 0 unspecified atom stereocenters. The van der Waals surface area contributed by atoms with E-state index in [0.29, 0.717) is 36.3 Å². The van der Waals surface area contributed by atoms with Gasteiger partial charge in [0.2, 0.25) is 0 Å². The van der Waals surface area contributed by atoms with Crippen molar-refractivity contribution in [1.82, 2.24) is 14.9 Å². The molecule has 4 rings (SSSR count). The van der Waals surface area contributed by atoms with Gasteiger partial charge in [0, 0.05) is 55.4 Å². The number of pyridine rings is 1. The summed E-state index contributed by atoms with van der Waals surface area (Å²) < 4.78 is 10.7. The number of aromatic amines is 1. The van der Waals surface area contributed by atoms with E-state index in [0.717, 1.165) is 35.5 Å². The van der Waals surface area contributed by atoms with Crippen LogP contribution in [0.1, 0.15) is 24.3 Å². The van der Waals surface area contributed by atoms with Crippen LogP contribution in [0.5, 0.6) is 11.5 Å². The summed E-state index contributed by atoms with van der Waals surface area (Å²) in [6.07, 6.45) is 1.81. The highest BCUT2D eigenvalue weighted by Gasteiger charge is 2.25. The van der Waals surface area contributed by atoms with Crippen molar-refractivity contribution >= 4 is 28.3 Å². The topological polar surface area (TPSA) is 82.7 Å². The molecule has 8 heteroatoms. The maximum atomic E-state index is 13.1. The Hall–Kier alpha value is -3.42. The molecule has 1 aliphatic rings. The third kappa shape index (κ3) is 4.23. The SMILES string of the molecule is COc1cc2cc(C(=O)N3CCN(c4ncccc4NC(C)C)CC3)[nH]c2cc1OC. The lowest BCUT2D eigenvalue weighted by atomic mass is 10.2. The summed E-state index contributed by atoms with van der Waals surface area (Å²) >= 11 is 0. The summed E-state index contributed by atoms with van der Waals surface area (Å²) in [5.41, 5.74) is 2.44. The summed E-state index contributed by atoms with van der Waals surface area (Å²) in [5.74, 6) is 2.21. The van der Waals surface area contributed by atoms with E-state index in [1.807, 2.05) is 41.4 Å². The third-order valence-electron chi connectivity index (χ3n) is 5.45. The molecule has 0 radical (unpaired) electrons. The van der Waals surface area contributed by atoms with Gasteiger partial charge in [-0.25, -0.2) is 4.98 Å². The van der Waals surface area contributed by atoms with Crippen LogP contribution in [-0.4, -0.2) is 67.2 Å². The quantitative estimate of drug-likeness (QED) is 0.633. The van der Waals surface area contributed by atoms with E-state index in [4.69, 9.17) is 9.47 Å². The molecule has 3 heterocycles. The minimum atomic E-state index is -0.00432. The Morgan fingerprint density at radius 3 is 2.48 bits per heavy atom. The third-order valence-corrected chi connectivity index (χ3v) is 5.45. The zero-order valence-corrected chi connectivity index (χ0v) is 18.4. The molecule has 0 bridgehead atoms. The Morgan fingerprint density at radius 2 is 1.81 bits per heavy atom. The first-order chi connectivity index (χ1) is 15.0. The van der Waals surface area contributed by atoms with E-state index in [-0.39, 0.29) is 5.91 Å². The number of methoxy groups -OCH3 is 2. The Balaban J connectivity index is 1.48. The molecule has 8 nitrogen and oxygen atoms in total. The van der Waals surface area contributed by atoms with Gasteiger partial charge in [0.25, 0.3) is 5.91 Å². The second kappa shape index (κ2) is 8.75. The highest BCUT2D eigenvalue weighted by Crippen LogP contribution is 2.32. The van der Waals surface area contributed by atoms with Crippen LogP contribution in [-0.2, 0) is 0 Å². The molecule has 0 aliphatic carbocycles. The predicted octanol–water partition coefficient (Wildman–Crippen LogP) is 3.36. The molecule has 0 spiro atoms. The van der Waals surface area contributed by atoms with Crippen LogP contribution in [0.2, 0.25) is 0 Å². The van der Waals surface area contributed by atoms with Crippen LogP contribution in [0.25, 0.3) is 10.9 Å². The van der Waals surface area contributed by atoms with Crippen LogP contribution in [0.4, 0.5) is 11.5 Å². The average Bonchev–Trinajstić information content (AvgIpc) is 3.20. The van der Waals surface area contributed by atoms with E-state index in [9.17, 15) is 4.79 Å². The normalized spacial score (nSPS) is 14.2. The number of carbonyl (C=O) groups excluding carboxylic acids is 1. The van der Waals surface area contributed by atoms with E-state index in [1.54, 1.807) is 14.2 Å². The molecule has 31 heavy (non-hydrogen) atoms. The second-order valence-electron chi connectivity index (χ2n) is 7.93. The number of carbonyl (C=O) groups is 1. The van der Waals surface area contributed by atoms with Crippen molar-refractivity contribution in [2.75, 3.05) is 50.6 Å². The summed E-state index contributed by atoms with van der Waals surface area (Å²) in [4.78, 5) is 25.0. The molecule has 1 aliphatic heterocycles. The van der Waals surface area contributed by atoms with Gasteiger partial charge >= 0.3 is 0 Å². The molecule has 1 fully saturated rings. The van der Waals surface area contributed by atoms with Gasteiger partial charge in [-0.3, -0.25) is 4.79 Å². The van der Waals surface area contributed by atoms with Gasteiger partial charge in [0.1, 0.15) is 5.69 Å². The van der Waals surface area contributed by atoms with E-state index in [2.05, 4.69) is 34.0 Å². The van der Waals surface area contributed by atoms with Crippen LogP contribution in [0.15, 0.2) is 36.5 Å². The number of amides is 1. The van der Waals surface area contributed by atoms with Crippen molar-refractivity contribution in [3.8, 4) is 11.5 Å². The molecule has 2 N–H and O–H groups in total. The summed E-state index contributed by atoms with van der Waals surface area (Å²) in [5, 5.41) is 4.37. The molecule has 1 amide bonds. The maximum absolute atomic E-state index is 13.1. The number of nitrogens with zero attached hydrogens (tertiary/aromatic N) is 3. The predicted molar refractivity (Wildman–Crippen MR) is 123 cm³/mol. The van der Waals surface area contributed by atoms with Crippen molar-refractivity contribution in [1.29, 1.82) is 0 Å². The van der Waals surface area contributed by atoms with Gasteiger partial charge < -0.3 is 29.6 Å². The molecule has 164 valence electrons. The van der Waals surface area contributed by atoms with Crippen LogP contribution < -0.4 is 19.7 Å². The highest BCUT2D eigenvalue weighted by molar-refractivity contribution is 5.99. The number of hydrogen-bond acceptors (Lipinski definition) is 6. The molecular formula is C23H29N5O3. The molecule has 0 saturated carbocycles. The fourth-order valence-corrected chi connectivity index (χ4v) is 3.94. The van der Waals surface area contributed by atoms with Crippen molar-refractivity contribution in [3.63, 3.8) is 0 Å². The highest BCUT2D eigenvalue weighted by atomic mass is 16.5. The lowest BCUT2D eigenvalue weighted by molar-refractivity contribution is 0.0741. The monoisotopic (exact) mass is 423 g/mol. The Labute approximate surface area is 182 Å². The number of H-pyrrole nitrogens is 1. The van der Waals surface area contributed by atoms with E-state index >= 15 is 0 Å². The zero-order chi connectivity index (χ0) is 22.0. The van der Waals surface area contributed by atoms with Gasteiger partial charge in [-0.15, -0.1) is 0 Å². The van der Waals surface area contributed by atoms with Gasteiger partial charge in [-0.1, -0.05) is 0 Å². The fourth-order valence-electron chi connectivity index (χ4n) is 3.94. The fraction of sp³-hybridized carbons (Fsp3) is 0.391. The zero-order valence-electron chi connectivity index (χ0n) is 18.4. The number of ether oxygens (including phenoxy) is 2. The minimum absolute atomic E-state index is 0.00432. The Bertz CT molecular complexity index is 1030. The van der Waals surface area contributed by atoms with Crippen molar-refractivity contribution in [2.24, 2.45) is 0 Å². The first-order valence-electron chi connectivity index (χ1n) is 10.5. The van der Waals surface area contributed by atoms with Crippen LogP contribution in [0.3, 0.4) is 0 Å². The largest absolute Gasteiger partial charge is 0.493 e. The number of hydrogen-bond donors (Lipinski definition) is 2. The first kappa shape index (κ1) is 20.8. The number of piperazine rings is 1. The van der Waals surface area contributed by atoms with Crippen LogP contribution in [0, 0.1) is 0 Å². The van der Waals surface area contributed by atoms with Gasteiger partial charge in [-0.2, -0.15) is 0 Å². The van der Waals surface area contributed by atoms with Gasteiger partial charge in [0.05, 0.1) is 19.9 Å². The number of aromatic nitrogens is 2. The van der Waals surface area contributed by atoms with Gasteiger partial charge in [0.15, 0.2) is 17.3 Å². The number of anilines is 2. The molecule has 0 atom stereocenters. The molecular weight excluding hydrogens is 394 g/mol. The maximum Gasteiger partial charge on any atom is 0.270 e. The Kier molecular flexibility index (Phi) is 5.88. The summed E-state index contributed by atoms with van der Waals surface area (Å²) in [6, 6.07) is 9.91. The lowest BCUT2D eigenvalue weighted by Crippen LogP contribution is -2.49. The number of nitrogens with one attached hydrogen (secondary N) is 2. The summed E-state index contributed by atoms with van der Waals surface area (Å²) in [7, 11) is 3.20. The number of fused-ring (bicyclic) bond motifs is 1. The van der Waals surface area contributed by atoms with E-state index < -0.39 is 0 Å². The van der Waals surface area contributed by atoms with E-state index in [1.165, 1.54) is 0 Å². The lowest BCUT2D eigenvalue weighted by Gasteiger charge is -2.36. The van der Waals surface area contributed by atoms with Crippen LogP contribution >= 0.6 is 0 Å². The molecule has 1 aromatic carbocycles. The average molecular weight is 424 g/mol. The van der Waals surface area contributed by atoms with Crippen molar-refractivity contribution in [3.05, 3.63) is 42.2 Å². The van der Waals surface area contributed by atoms with Crippen molar-refractivity contribution < 1.29 is 14.3 Å². The molecule has 1 saturated heterocycles. The van der Waals surface area contributed by atoms with Gasteiger partial charge in [-0.05, 0) is 38.1 Å². The second-order valence-corrected chi connectivity index (χ2v) is 7.93. The van der Waals surface area contributed by atoms with Crippen molar-refractivity contribution in [2.45, 2.75) is 19.9 Å². The standard InChI is InChI=1S/C23H29N5O3/c1-15(2)25-17-6-5-7-24-22(17)27-8-10-28(11-9-27)23(29)19-12-16-13-20(30-3)21(31-4)14-18(16)26-19/h5-7,12-15,25-26H,8-11H2,1-4H3. The molecule has 2 aromatic heterocycles. The number of rotatable bonds is 6. The minimum Gasteiger partial charge on any atom is -0.493 e. The smallest absolute Gasteiger partial charge is 0.270 e. The summed E-state index contributed by atoms with van der Waals surface area (Å²) in [6.45, 7) is 6.96.